The van der Waals surface area contributed by atoms with Gasteiger partial charge < -0.3 is 15.5 Å². The fourth-order valence-electron chi connectivity index (χ4n) is 2.48. The zero-order valence-corrected chi connectivity index (χ0v) is 20.1. The van der Waals surface area contributed by atoms with Crippen LogP contribution in [-0.4, -0.2) is 48.7 Å². The number of hydrogen-bond donors (Lipinski definition) is 2. The number of halogens is 1. The first-order valence-corrected chi connectivity index (χ1v) is 10.7. The summed E-state index contributed by atoms with van der Waals surface area (Å²) in [4.78, 5) is 20.5. The monoisotopic (exact) mass is 530 g/mol. The molecule has 5 nitrogen and oxygen atoms in total. The van der Waals surface area contributed by atoms with Gasteiger partial charge in [-0.2, -0.15) is 0 Å². The number of amides is 1. The van der Waals surface area contributed by atoms with Crippen LogP contribution in [0.4, 0.5) is 0 Å². The molecule has 2 N–H and O–H groups in total. The van der Waals surface area contributed by atoms with Gasteiger partial charge in [-0.05, 0) is 36.4 Å². The van der Waals surface area contributed by atoms with Gasteiger partial charge in [0.1, 0.15) is 6.54 Å². The highest BCUT2D eigenvalue weighted by atomic mass is 127. The molecule has 0 aliphatic heterocycles. The van der Waals surface area contributed by atoms with Gasteiger partial charge in [0.25, 0.3) is 0 Å². The van der Waals surface area contributed by atoms with E-state index in [1.54, 1.807) is 30.3 Å². The molecule has 1 aromatic heterocycles. The number of aliphatic imine (C=N–C) groups is 1. The number of thiophene rings is 1. The van der Waals surface area contributed by atoms with E-state index in [-0.39, 0.29) is 41.2 Å². The lowest BCUT2D eigenvalue weighted by atomic mass is 10.4. The predicted molar refractivity (Wildman–Crippen MR) is 130 cm³/mol. The molecule has 0 bridgehead atoms. The lowest BCUT2D eigenvalue weighted by Gasteiger charge is -2.19. The third-order valence-electron chi connectivity index (χ3n) is 4.34. The van der Waals surface area contributed by atoms with Gasteiger partial charge in [-0.1, -0.05) is 24.3 Å². The minimum atomic E-state index is -0.00739. The van der Waals surface area contributed by atoms with Crippen molar-refractivity contribution < 1.29 is 4.79 Å². The van der Waals surface area contributed by atoms with Crippen LogP contribution >= 0.6 is 47.1 Å². The van der Waals surface area contributed by atoms with E-state index in [4.69, 9.17) is 0 Å². The molecule has 1 heterocycles. The van der Waals surface area contributed by atoms with Crippen LogP contribution in [0.2, 0.25) is 0 Å². The van der Waals surface area contributed by atoms with Crippen molar-refractivity contribution in [1.29, 1.82) is 0 Å². The molecule has 0 unspecified atom stereocenters. The minimum absolute atomic E-state index is 0. The summed E-state index contributed by atoms with van der Waals surface area (Å²) in [5.41, 5.74) is 0. The first-order valence-electron chi connectivity index (χ1n) is 9.05. The third kappa shape index (κ3) is 7.29. The van der Waals surface area contributed by atoms with Gasteiger partial charge in [-0.15, -0.1) is 47.1 Å². The van der Waals surface area contributed by atoms with Crippen LogP contribution in [-0.2, 0) is 11.3 Å². The largest absolute Gasteiger partial charge is 0.355 e. The molecule has 0 atom stereocenters. The van der Waals surface area contributed by atoms with Crippen LogP contribution < -0.4 is 10.6 Å². The number of nitrogens with one attached hydrogen (secondary N) is 2. The van der Waals surface area contributed by atoms with Crippen molar-refractivity contribution in [1.82, 2.24) is 15.5 Å². The molecule has 1 aliphatic rings. The van der Waals surface area contributed by atoms with Gasteiger partial charge in [0.15, 0.2) is 5.96 Å². The molecule has 3 rings (SSSR count). The van der Waals surface area contributed by atoms with Crippen molar-refractivity contribution in [3.63, 3.8) is 0 Å². The highest BCUT2D eigenvalue weighted by Gasteiger charge is 2.43. The van der Waals surface area contributed by atoms with Crippen molar-refractivity contribution in [2.75, 3.05) is 27.2 Å². The summed E-state index contributed by atoms with van der Waals surface area (Å²) in [6.45, 7) is 1.68. The second-order valence-corrected chi connectivity index (χ2v) is 9.41. The molecular weight excluding hydrogens is 503 g/mol. The number of benzene rings is 1. The Bertz CT molecular complexity index is 762. The molecule has 0 saturated heterocycles. The quantitative estimate of drug-likeness (QED) is 0.310. The average Bonchev–Trinajstić information content (AvgIpc) is 3.22. The van der Waals surface area contributed by atoms with E-state index < -0.39 is 0 Å². The van der Waals surface area contributed by atoms with E-state index in [0.717, 1.165) is 6.54 Å². The lowest BCUT2D eigenvalue weighted by molar-refractivity contribution is -0.127. The van der Waals surface area contributed by atoms with Crippen molar-refractivity contribution in [2.45, 2.75) is 29.0 Å². The van der Waals surface area contributed by atoms with E-state index in [1.165, 1.54) is 22.6 Å². The van der Waals surface area contributed by atoms with Crippen LogP contribution in [0.5, 0.6) is 0 Å². The zero-order valence-electron chi connectivity index (χ0n) is 16.2. The van der Waals surface area contributed by atoms with E-state index in [1.807, 2.05) is 23.9 Å². The average molecular weight is 531 g/mol. The van der Waals surface area contributed by atoms with E-state index in [9.17, 15) is 4.79 Å². The van der Waals surface area contributed by atoms with Gasteiger partial charge >= 0.3 is 0 Å². The summed E-state index contributed by atoms with van der Waals surface area (Å²) in [5.74, 6) is 0.686. The number of thioether (sulfide) groups is 1. The van der Waals surface area contributed by atoms with Gasteiger partial charge in [-0.25, -0.2) is 4.99 Å². The standard InChI is InChI=1S/C20H26N4OS2.HI/c1-24(2)18(25)14-22-19(21-13-17-9-6-12-26-17)23-15-20(10-11-20)27-16-7-4-3-5-8-16;/h3-9,12H,10-11,13-15H2,1-2H3,(H2,21,22,23);1H. The van der Waals surface area contributed by atoms with Crippen LogP contribution in [0.15, 0.2) is 57.7 Å². The summed E-state index contributed by atoms with van der Waals surface area (Å²) in [6, 6.07) is 14.6. The van der Waals surface area contributed by atoms with Crippen molar-refractivity contribution in [3.8, 4) is 0 Å². The molecule has 1 aromatic carbocycles. The van der Waals surface area contributed by atoms with Gasteiger partial charge in [-0.3, -0.25) is 4.79 Å². The first-order chi connectivity index (χ1) is 13.1. The number of rotatable bonds is 8. The number of carbonyl (C=O) groups excluding carboxylic acids is 1. The van der Waals surface area contributed by atoms with Crippen LogP contribution in [0, 0.1) is 0 Å². The van der Waals surface area contributed by atoms with Crippen molar-refractivity contribution in [2.24, 2.45) is 4.99 Å². The van der Waals surface area contributed by atoms with Crippen molar-refractivity contribution >= 4 is 58.9 Å². The van der Waals surface area contributed by atoms with Crippen molar-refractivity contribution in [3.05, 3.63) is 52.7 Å². The third-order valence-corrected chi connectivity index (χ3v) is 6.71. The molecule has 1 aliphatic carbocycles. The first kappa shape index (κ1) is 23.0. The number of hydrogen-bond acceptors (Lipinski definition) is 4. The maximum Gasteiger partial charge on any atom is 0.243 e. The Hall–Kier alpha value is -1.26. The fourth-order valence-corrected chi connectivity index (χ4v) is 4.37. The highest BCUT2D eigenvalue weighted by molar-refractivity contribution is 14.0. The normalized spacial score (nSPS) is 14.7. The maximum absolute atomic E-state index is 11.9. The zero-order chi connectivity index (χ0) is 19.1. The smallest absolute Gasteiger partial charge is 0.243 e. The Morgan fingerprint density at radius 2 is 1.93 bits per heavy atom. The molecule has 1 amide bonds. The second kappa shape index (κ2) is 11.1. The summed E-state index contributed by atoms with van der Waals surface area (Å²) >= 11 is 3.63. The molecule has 28 heavy (non-hydrogen) atoms. The maximum atomic E-state index is 11.9. The SMILES string of the molecule is CN(C)C(=O)CN=C(NCc1cccs1)NCC1(Sc2ccccc2)CC1.I. The Morgan fingerprint density at radius 3 is 2.54 bits per heavy atom. The summed E-state index contributed by atoms with van der Waals surface area (Å²) in [7, 11) is 3.50. The van der Waals surface area contributed by atoms with Gasteiger partial charge in [0.2, 0.25) is 5.91 Å². The topological polar surface area (TPSA) is 56.7 Å². The summed E-state index contributed by atoms with van der Waals surface area (Å²) in [6.07, 6.45) is 2.38. The number of guanidine groups is 1. The predicted octanol–water partition coefficient (Wildman–Crippen LogP) is 3.81. The Morgan fingerprint density at radius 1 is 1.18 bits per heavy atom. The Labute approximate surface area is 192 Å². The van der Waals surface area contributed by atoms with Gasteiger partial charge in [0, 0.05) is 35.2 Å². The minimum Gasteiger partial charge on any atom is -0.355 e. The second-order valence-electron chi connectivity index (χ2n) is 6.84. The van der Waals surface area contributed by atoms with E-state index in [2.05, 4.69) is 51.3 Å². The van der Waals surface area contributed by atoms with E-state index in [0.29, 0.717) is 12.5 Å². The molecule has 1 saturated carbocycles. The molecule has 1 fully saturated rings. The van der Waals surface area contributed by atoms with E-state index >= 15 is 0 Å². The van der Waals surface area contributed by atoms with Crippen LogP contribution in [0.3, 0.4) is 0 Å². The summed E-state index contributed by atoms with van der Waals surface area (Å²) < 4.78 is 0.221. The lowest BCUT2D eigenvalue weighted by Crippen LogP contribution is -2.41. The molecule has 0 radical (unpaired) electrons. The Kier molecular flexibility index (Phi) is 9.10. The molecular formula is C20H27IN4OS2. The summed E-state index contributed by atoms with van der Waals surface area (Å²) in [5, 5.41) is 8.86. The molecule has 8 heteroatoms. The van der Waals surface area contributed by atoms with Crippen LogP contribution in [0.1, 0.15) is 17.7 Å². The van der Waals surface area contributed by atoms with Gasteiger partial charge in [0.05, 0.1) is 6.54 Å². The number of carbonyl (C=O) groups is 1. The Balaban J connectivity index is 0.00000280. The molecule has 152 valence electrons. The molecule has 2 aromatic rings. The number of nitrogens with zero attached hydrogens (tertiary/aromatic N) is 2. The fraction of sp³-hybridized carbons (Fsp3) is 0.400. The van der Waals surface area contributed by atoms with Crippen LogP contribution in [0.25, 0.3) is 0 Å². The molecule has 0 spiro atoms. The number of likely N-dealkylation sites (N-methyl/N-ethyl adjacent to an activating group) is 1. The highest BCUT2D eigenvalue weighted by Crippen LogP contribution is 2.51.